The second-order valence-corrected chi connectivity index (χ2v) is 12.3. The zero-order valence-corrected chi connectivity index (χ0v) is 25.9. The average molecular weight is 608 g/mol. The summed E-state index contributed by atoms with van der Waals surface area (Å²) in [7, 11) is 0. The van der Waals surface area contributed by atoms with E-state index in [1.165, 1.54) is 11.1 Å². The summed E-state index contributed by atoms with van der Waals surface area (Å²) >= 11 is 12.7. The molecular formula is C37H32Cl2N2O2. The molecule has 0 unspecified atom stereocenters. The molecule has 2 heterocycles. The van der Waals surface area contributed by atoms with E-state index in [0.29, 0.717) is 27.4 Å². The first-order chi connectivity index (χ1) is 20.7. The van der Waals surface area contributed by atoms with Crippen molar-refractivity contribution in [3.05, 3.63) is 124 Å². The van der Waals surface area contributed by atoms with Crippen LogP contribution in [-0.4, -0.2) is 17.5 Å². The van der Waals surface area contributed by atoms with Gasteiger partial charge in [0.2, 0.25) is 0 Å². The second kappa shape index (κ2) is 12.2. The van der Waals surface area contributed by atoms with Gasteiger partial charge in [-0.3, -0.25) is 4.79 Å². The number of fused-ring (bicyclic) bond motifs is 1. The lowest BCUT2D eigenvalue weighted by Gasteiger charge is -2.30. The number of pyridine rings is 1. The molecule has 1 amide bonds. The standard InChI is InChI=1S/C37H32Cl2N2O2/c1-23(2)16-25-6-10-27(11-7-25)33-18-29(26-8-4-24(3)5-9-26)19-34(40-33)28-12-15-36-35(20-28)41(37(42)22-43-36)21-30-17-31(38)13-14-32(30)39/h4-15,17-20,23H,16,21-22H2,1-3H3. The summed E-state index contributed by atoms with van der Waals surface area (Å²) in [5.41, 5.74) is 9.76. The summed E-state index contributed by atoms with van der Waals surface area (Å²) in [4.78, 5) is 19.9. The van der Waals surface area contributed by atoms with Gasteiger partial charge in [-0.2, -0.15) is 0 Å². The fraction of sp³-hybridized carbons (Fsp3) is 0.189. The van der Waals surface area contributed by atoms with Gasteiger partial charge in [0.25, 0.3) is 5.91 Å². The maximum atomic E-state index is 13.1. The van der Waals surface area contributed by atoms with Crippen LogP contribution < -0.4 is 9.64 Å². The van der Waals surface area contributed by atoms with Crippen LogP contribution in [0.5, 0.6) is 5.75 Å². The van der Waals surface area contributed by atoms with Crippen molar-refractivity contribution in [1.29, 1.82) is 0 Å². The van der Waals surface area contributed by atoms with E-state index in [1.54, 1.807) is 23.1 Å². The summed E-state index contributed by atoms with van der Waals surface area (Å²) < 4.78 is 5.81. The van der Waals surface area contributed by atoms with E-state index in [9.17, 15) is 4.79 Å². The van der Waals surface area contributed by atoms with Gasteiger partial charge in [0.05, 0.1) is 23.6 Å². The van der Waals surface area contributed by atoms with Crippen molar-refractivity contribution in [1.82, 2.24) is 4.98 Å². The van der Waals surface area contributed by atoms with E-state index >= 15 is 0 Å². The molecule has 5 aromatic rings. The SMILES string of the molecule is Cc1ccc(-c2cc(-c3ccc(CC(C)C)cc3)nc(-c3ccc4c(c3)N(Cc3cc(Cl)ccc3Cl)C(=O)CO4)c2)cc1. The Kier molecular flexibility index (Phi) is 8.25. The summed E-state index contributed by atoms with van der Waals surface area (Å²) in [6.45, 7) is 6.79. The highest BCUT2D eigenvalue weighted by atomic mass is 35.5. The van der Waals surface area contributed by atoms with Crippen LogP contribution in [-0.2, 0) is 17.8 Å². The normalized spacial score (nSPS) is 12.8. The number of aryl methyl sites for hydroxylation is 1. The lowest BCUT2D eigenvalue weighted by Crippen LogP contribution is -2.38. The summed E-state index contributed by atoms with van der Waals surface area (Å²) in [5, 5.41) is 1.12. The highest BCUT2D eigenvalue weighted by molar-refractivity contribution is 6.33. The zero-order valence-electron chi connectivity index (χ0n) is 24.4. The third kappa shape index (κ3) is 6.46. The Labute approximate surface area is 262 Å². The van der Waals surface area contributed by atoms with Gasteiger partial charge in [0.15, 0.2) is 6.61 Å². The van der Waals surface area contributed by atoms with E-state index in [4.69, 9.17) is 32.9 Å². The molecule has 0 atom stereocenters. The minimum Gasteiger partial charge on any atom is -0.482 e. The van der Waals surface area contributed by atoms with Gasteiger partial charge in [0.1, 0.15) is 5.75 Å². The number of nitrogens with zero attached hydrogens (tertiary/aromatic N) is 2. The lowest BCUT2D eigenvalue weighted by atomic mass is 9.97. The number of anilines is 1. The number of halogens is 2. The lowest BCUT2D eigenvalue weighted by molar-refractivity contribution is -0.121. The number of carbonyl (C=O) groups excluding carboxylic acids is 1. The molecule has 6 heteroatoms. The van der Waals surface area contributed by atoms with Crippen molar-refractivity contribution in [2.24, 2.45) is 5.92 Å². The Bertz CT molecular complexity index is 1800. The van der Waals surface area contributed by atoms with Crippen LogP contribution in [0.15, 0.2) is 97.1 Å². The molecule has 1 aromatic heterocycles. The molecule has 0 bridgehead atoms. The maximum Gasteiger partial charge on any atom is 0.265 e. The predicted molar refractivity (Wildman–Crippen MR) is 177 cm³/mol. The second-order valence-electron chi connectivity index (χ2n) is 11.5. The van der Waals surface area contributed by atoms with Crippen LogP contribution in [0.2, 0.25) is 10.0 Å². The van der Waals surface area contributed by atoms with Crippen LogP contribution in [0.3, 0.4) is 0 Å². The molecule has 216 valence electrons. The van der Waals surface area contributed by atoms with Gasteiger partial charge in [-0.1, -0.05) is 91.1 Å². The van der Waals surface area contributed by atoms with E-state index in [2.05, 4.69) is 81.4 Å². The van der Waals surface area contributed by atoms with E-state index < -0.39 is 0 Å². The first-order valence-electron chi connectivity index (χ1n) is 14.4. The number of hydrogen-bond acceptors (Lipinski definition) is 3. The Morgan fingerprint density at radius 3 is 2.19 bits per heavy atom. The van der Waals surface area contributed by atoms with Gasteiger partial charge < -0.3 is 9.64 Å². The summed E-state index contributed by atoms with van der Waals surface area (Å²) in [6.07, 6.45) is 1.04. The van der Waals surface area contributed by atoms with Gasteiger partial charge >= 0.3 is 0 Å². The Morgan fingerprint density at radius 1 is 0.791 bits per heavy atom. The fourth-order valence-corrected chi connectivity index (χ4v) is 5.76. The number of rotatable bonds is 7. The van der Waals surface area contributed by atoms with Crippen molar-refractivity contribution in [3.63, 3.8) is 0 Å². The highest BCUT2D eigenvalue weighted by Crippen LogP contribution is 2.39. The first-order valence-corrected chi connectivity index (χ1v) is 15.2. The van der Waals surface area contributed by atoms with E-state index in [1.807, 2.05) is 18.2 Å². The maximum absolute atomic E-state index is 13.1. The number of carbonyl (C=O) groups is 1. The number of aromatic nitrogens is 1. The minimum atomic E-state index is -0.149. The highest BCUT2D eigenvalue weighted by Gasteiger charge is 2.27. The summed E-state index contributed by atoms with van der Waals surface area (Å²) in [6, 6.07) is 32.6. The largest absolute Gasteiger partial charge is 0.482 e. The van der Waals surface area contributed by atoms with Gasteiger partial charge in [-0.25, -0.2) is 4.98 Å². The van der Waals surface area contributed by atoms with E-state index in [0.717, 1.165) is 45.6 Å². The van der Waals surface area contributed by atoms with Gasteiger partial charge in [-0.05, 0) is 90.0 Å². The van der Waals surface area contributed by atoms with Crippen molar-refractivity contribution in [2.75, 3.05) is 11.5 Å². The van der Waals surface area contributed by atoms with Crippen molar-refractivity contribution in [2.45, 2.75) is 33.7 Å². The van der Waals surface area contributed by atoms with Crippen LogP contribution in [0.25, 0.3) is 33.6 Å². The molecule has 0 aliphatic carbocycles. The molecule has 0 fully saturated rings. The molecule has 4 nitrogen and oxygen atoms in total. The molecule has 43 heavy (non-hydrogen) atoms. The third-order valence-electron chi connectivity index (χ3n) is 7.64. The monoisotopic (exact) mass is 606 g/mol. The number of benzene rings is 4. The molecule has 0 saturated carbocycles. The number of ether oxygens (including phenoxy) is 1. The molecule has 4 aromatic carbocycles. The number of amides is 1. The zero-order chi connectivity index (χ0) is 30.1. The Morgan fingerprint density at radius 2 is 1.47 bits per heavy atom. The van der Waals surface area contributed by atoms with Crippen molar-refractivity contribution in [3.8, 4) is 39.4 Å². The minimum absolute atomic E-state index is 0.0390. The third-order valence-corrected chi connectivity index (χ3v) is 8.24. The van der Waals surface area contributed by atoms with Gasteiger partial charge in [-0.15, -0.1) is 0 Å². The number of hydrogen-bond donors (Lipinski definition) is 0. The first kappa shape index (κ1) is 29.0. The summed E-state index contributed by atoms with van der Waals surface area (Å²) in [5.74, 6) is 1.08. The Hall–Kier alpha value is -4.12. The average Bonchev–Trinajstić information content (AvgIpc) is 3.00. The molecule has 6 rings (SSSR count). The van der Waals surface area contributed by atoms with Crippen LogP contribution in [0.4, 0.5) is 5.69 Å². The van der Waals surface area contributed by atoms with Crippen LogP contribution in [0, 0.1) is 12.8 Å². The predicted octanol–water partition coefficient (Wildman–Crippen LogP) is 9.82. The molecule has 0 radical (unpaired) electrons. The van der Waals surface area contributed by atoms with Crippen LogP contribution >= 0.6 is 23.2 Å². The molecule has 0 N–H and O–H groups in total. The molecule has 0 saturated heterocycles. The molecular weight excluding hydrogens is 575 g/mol. The van der Waals surface area contributed by atoms with Crippen molar-refractivity contribution >= 4 is 34.8 Å². The van der Waals surface area contributed by atoms with Crippen molar-refractivity contribution < 1.29 is 9.53 Å². The Balaban J connectivity index is 1.44. The van der Waals surface area contributed by atoms with Gasteiger partial charge in [0, 0.05) is 21.2 Å². The topological polar surface area (TPSA) is 42.4 Å². The smallest absolute Gasteiger partial charge is 0.265 e. The molecule has 0 spiro atoms. The quantitative estimate of drug-likeness (QED) is 0.185. The van der Waals surface area contributed by atoms with Crippen LogP contribution in [0.1, 0.15) is 30.5 Å². The van der Waals surface area contributed by atoms with E-state index in [-0.39, 0.29) is 19.1 Å². The molecule has 1 aliphatic heterocycles. The fourth-order valence-electron chi connectivity index (χ4n) is 5.39. The molecule has 1 aliphatic rings.